The maximum atomic E-state index is 1.67. The fourth-order valence-corrected chi connectivity index (χ4v) is 7.19. The standard InChI is InChI=1S/C20H36N.H2O/c1-2-10-17(9-1)21(18-11-3-4-12-18,19-13-5-6-14-19)20-15-7-8-16-20;/h17-20H,1-16H2;1H2/q+1;/p-1. The summed E-state index contributed by atoms with van der Waals surface area (Å²) in [7, 11) is 0. The summed E-state index contributed by atoms with van der Waals surface area (Å²) >= 11 is 0. The predicted molar refractivity (Wildman–Crippen MR) is 91.2 cm³/mol. The van der Waals surface area contributed by atoms with Crippen molar-refractivity contribution in [3.63, 3.8) is 0 Å². The van der Waals surface area contributed by atoms with E-state index in [-0.39, 0.29) is 5.48 Å². The van der Waals surface area contributed by atoms with Crippen LogP contribution in [0.2, 0.25) is 0 Å². The number of rotatable bonds is 4. The summed E-state index contributed by atoms with van der Waals surface area (Å²) in [6, 6.07) is 4.28. The third-order valence-corrected chi connectivity index (χ3v) is 7.83. The van der Waals surface area contributed by atoms with E-state index in [1.165, 1.54) is 51.4 Å². The second-order valence-electron chi connectivity index (χ2n) is 8.65. The van der Waals surface area contributed by atoms with Gasteiger partial charge in [-0.05, 0) is 103 Å². The van der Waals surface area contributed by atoms with Crippen LogP contribution in [-0.2, 0) is 0 Å². The Balaban J connectivity index is 0.00000144. The molecule has 1 N–H and O–H groups in total. The molecule has 0 saturated heterocycles. The van der Waals surface area contributed by atoms with Gasteiger partial charge in [-0.25, -0.2) is 0 Å². The molecule has 4 aliphatic rings. The Morgan fingerprint density at radius 3 is 0.727 bits per heavy atom. The third kappa shape index (κ3) is 2.65. The van der Waals surface area contributed by atoms with Gasteiger partial charge in [0.05, 0.1) is 24.2 Å². The van der Waals surface area contributed by atoms with E-state index < -0.39 is 0 Å². The lowest BCUT2D eigenvalue weighted by Crippen LogP contribution is -2.69. The van der Waals surface area contributed by atoms with Crippen LogP contribution in [0.15, 0.2) is 0 Å². The van der Waals surface area contributed by atoms with Crippen LogP contribution in [0.5, 0.6) is 0 Å². The minimum Gasteiger partial charge on any atom is -0.870 e. The Hall–Kier alpha value is -0.0800. The molecule has 0 radical (unpaired) electrons. The average molecular weight is 308 g/mol. The first-order valence-corrected chi connectivity index (χ1v) is 10.3. The van der Waals surface area contributed by atoms with E-state index in [2.05, 4.69) is 0 Å². The molecule has 4 fully saturated rings. The zero-order valence-corrected chi connectivity index (χ0v) is 14.5. The molecule has 0 aliphatic heterocycles. The van der Waals surface area contributed by atoms with Gasteiger partial charge >= 0.3 is 0 Å². The van der Waals surface area contributed by atoms with Crippen LogP contribution in [0.4, 0.5) is 0 Å². The summed E-state index contributed by atoms with van der Waals surface area (Å²) in [6.45, 7) is 0. The van der Waals surface area contributed by atoms with Gasteiger partial charge < -0.3 is 9.96 Å². The molecule has 0 aromatic carbocycles. The molecule has 0 spiro atoms. The van der Waals surface area contributed by atoms with Crippen molar-refractivity contribution in [3.8, 4) is 0 Å². The van der Waals surface area contributed by atoms with Crippen molar-refractivity contribution in [2.75, 3.05) is 0 Å². The minimum atomic E-state index is 0. The molecule has 0 aromatic heterocycles. The number of quaternary nitrogens is 1. The Morgan fingerprint density at radius 2 is 0.545 bits per heavy atom. The van der Waals surface area contributed by atoms with Gasteiger partial charge in [-0.3, -0.25) is 0 Å². The van der Waals surface area contributed by atoms with E-state index in [0.29, 0.717) is 0 Å². The summed E-state index contributed by atoms with van der Waals surface area (Å²) < 4.78 is 1.67. The largest absolute Gasteiger partial charge is 0.870 e. The first-order valence-electron chi connectivity index (χ1n) is 10.3. The molecule has 0 heterocycles. The molecule has 0 unspecified atom stereocenters. The van der Waals surface area contributed by atoms with Crippen molar-refractivity contribution in [2.24, 2.45) is 0 Å². The molecule has 4 rings (SSSR count). The number of hydrogen-bond donors (Lipinski definition) is 0. The zero-order chi connectivity index (χ0) is 14.1. The van der Waals surface area contributed by atoms with Gasteiger partial charge in [0.1, 0.15) is 0 Å². The fourth-order valence-electron chi connectivity index (χ4n) is 7.19. The van der Waals surface area contributed by atoms with Crippen molar-refractivity contribution in [2.45, 2.75) is 127 Å². The van der Waals surface area contributed by atoms with Crippen LogP contribution in [0.3, 0.4) is 0 Å². The maximum Gasteiger partial charge on any atom is 0.0896 e. The topological polar surface area (TPSA) is 30.0 Å². The molecule has 2 nitrogen and oxygen atoms in total. The normalized spacial score (nSPS) is 29.5. The predicted octanol–water partition coefficient (Wildman–Crippen LogP) is 5.40. The summed E-state index contributed by atoms with van der Waals surface area (Å²) in [5.74, 6) is 0. The van der Waals surface area contributed by atoms with E-state index in [1.807, 2.05) is 0 Å². The lowest BCUT2D eigenvalue weighted by molar-refractivity contribution is -1.01. The highest BCUT2D eigenvalue weighted by Gasteiger charge is 2.55. The van der Waals surface area contributed by atoms with Crippen LogP contribution >= 0.6 is 0 Å². The van der Waals surface area contributed by atoms with E-state index in [4.69, 9.17) is 0 Å². The van der Waals surface area contributed by atoms with Crippen LogP contribution < -0.4 is 0 Å². The molecule has 0 bridgehead atoms. The fraction of sp³-hybridized carbons (Fsp3) is 1.00. The van der Waals surface area contributed by atoms with Crippen molar-refractivity contribution in [1.82, 2.24) is 0 Å². The van der Waals surface area contributed by atoms with Gasteiger partial charge in [0.15, 0.2) is 0 Å². The quantitative estimate of drug-likeness (QED) is 0.640. The van der Waals surface area contributed by atoms with Crippen molar-refractivity contribution < 1.29 is 9.96 Å². The SMILES string of the molecule is C1CCC([N+](C2CCCC2)(C2CCCC2)C2CCCC2)C1.[OH-]. The number of hydrogen-bond acceptors (Lipinski definition) is 1. The first-order chi connectivity index (χ1) is 10.4. The van der Waals surface area contributed by atoms with Gasteiger partial charge in [0.25, 0.3) is 0 Å². The van der Waals surface area contributed by atoms with E-state index in [0.717, 1.165) is 24.2 Å². The summed E-state index contributed by atoms with van der Waals surface area (Å²) in [5.41, 5.74) is 0. The van der Waals surface area contributed by atoms with Gasteiger partial charge in [-0.1, -0.05) is 0 Å². The molecule has 22 heavy (non-hydrogen) atoms. The smallest absolute Gasteiger partial charge is 0.0896 e. The Labute approximate surface area is 137 Å². The first kappa shape index (κ1) is 16.8. The van der Waals surface area contributed by atoms with Crippen LogP contribution in [0.25, 0.3) is 0 Å². The van der Waals surface area contributed by atoms with E-state index in [9.17, 15) is 0 Å². The summed E-state index contributed by atoms with van der Waals surface area (Å²) in [4.78, 5) is 0. The molecule has 0 atom stereocenters. The molecule has 0 aromatic rings. The highest BCUT2D eigenvalue weighted by molar-refractivity contribution is 4.87. The second-order valence-corrected chi connectivity index (χ2v) is 8.65. The van der Waals surface area contributed by atoms with E-state index in [1.54, 1.807) is 55.8 Å². The lowest BCUT2D eigenvalue weighted by Gasteiger charge is -2.56. The highest BCUT2D eigenvalue weighted by atomic mass is 16.0. The van der Waals surface area contributed by atoms with Crippen molar-refractivity contribution in [1.29, 1.82) is 0 Å². The highest BCUT2D eigenvalue weighted by Crippen LogP contribution is 2.49. The molecule has 128 valence electrons. The number of nitrogens with zero attached hydrogens (tertiary/aromatic N) is 1. The van der Waals surface area contributed by atoms with Gasteiger partial charge in [0.2, 0.25) is 0 Å². The van der Waals surface area contributed by atoms with Crippen molar-refractivity contribution >= 4 is 0 Å². The molecular formula is C20H37NO. The zero-order valence-electron chi connectivity index (χ0n) is 14.5. The molecular weight excluding hydrogens is 270 g/mol. The van der Waals surface area contributed by atoms with E-state index >= 15 is 0 Å². The Morgan fingerprint density at radius 1 is 0.364 bits per heavy atom. The minimum absolute atomic E-state index is 0. The van der Waals surface area contributed by atoms with Gasteiger partial charge in [-0.2, -0.15) is 0 Å². The lowest BCUT2D eigenvalue weighted by atomic mass is 9.91. The average Bonchev–Trinajstić information content (AvgIpc) is 3.32. The Bertz CT molecular complexity index is 262. The third-order valence-electron chi connectivity index (χ3n) is 7.83. The molecule has 0 amide bonds. The maximum absolute atomic E-state index is 1.67. The van der Waals surface area contributed by atoms with Crippen LogP contribution in [0, 0.1) is 0 Å². The molecule has 2 heteroatoms. The molecule has 4 saturated carbocycles. The summed E-state index contributed by atoms with van der Waals surface area (Å²) in [5, 5.41) is 0. The van der Waals surface area contributed by atoms with Crippen LogP contribution in [0.1, 0.15) is 103 Å². The van der Waals surface area contributed by atoms with Gasteiger partial charge in [-0.15, -0.1) is 0 Å². The monoisotopic (exact) mass is 307 g/mol. The Kier molecular flexibility index (Phi) is 5.50. The van der Waals surface area contributed by atoms with Crippen LogP contribution in [-0.4, -0.2) is 34.1 Å². The second kappa shape index (κ2) is 7.21. The summed E-state index contributed by atoms with van der Waals surface area (Å²) in [6.07, 6.45) is 24.9. The van der Waals surface area contributed by atoms with Gasteiger partial charge in [0, 0.05) is 0 Å². The van der Waals surface area contributed by atoms with Crippen molar-refractivity contribution in [3.05, 3.63) is 0 Å². The molecule has 4 aliphatic carbocycles.